The summed E-state index contributed by atoms with van der Waals surface area (Å²) in [5.41, 5.74) is 0.989. The number of anilines is 1. The van der Waals surface area contributed by atoms with Crippen LogP contribution in [0.2, 0.25) is 0 Å². The topological polar surface area (TPSA) is 68.3 Å². The molecule has 2 rings (SSSR count). The number of carbonyl (C=O) groups is 2. The Morgan fingerprint density at radius 1 is 1.14 bits per heavy atom. The number of carbonyl (C=O) groups excluding carboxylic acids is 2. The molecular formula is C15H13BrN2O3. The minimum atomic E-state index is -0.894. The number of hydrogen-bond acceptors (Lipinski definition) is 4. The number of esters is 1. The Bertz CT molecular complexity index is 629. The molecule has 1 amide bonds. The van der Waals surface area contributed by atoms with E-state index in [0.717, 1.165) is 4.47 Å². The monoisotopic (exact) mass is 348 g/mol. The van der Waals surface area contributed by atoms with Crippen molar-refractivity contribution in [1.29, 1.82) is 0 Å². The van der Waals surface area contributed by atoms with E-state index in [9.17, 15) is 9.59 Å². The van der Waals surface area contributed by atoms with Gasteiger partial charge in [0.15, 0.2) is 6.10 Å². The Morgan fingerprint density at radius 3 is 2.38 bits per heavy atom. The molecule has 1 N–H and O–H groups in total. The first-order valence-electron chi connectivity index (χ1n) is 6.23. The van der Waals surface area contributed by atoms with Crippen LogP contribution in [0.15, 0.2) is 53.3 Å². The van der Waals surface area contributed by atoms with Crippen molar-refractivity contribution in [3.05, 3.63) is 58.8 Å². The fourth-order valence-corrected chi connectivity index (χ4v) is 1.81. The molecule has 0 spiro atoms. The second kappa shape index (κ2) is 6.99. The van der Waals surface area contributed by atoms with Gasteiger partial charge in [0.1, 0.15) is 0 Å². The predicted molar refractivity (Wildman–Crippen MR) is 81.9 cm³/mol. The van der Waals surface area contributed by atoms with Gasteiger partial charge in [-0.2, -0.15) is 0 Å². The van der Waals surface area contributed by atoms with Crippen LogP contribution in [0.5, 0.6) is 0 Å². The number of pyridine rings is 1. The Balaban J connectivity index is 1.93. The van der Waals surface area contributed by atoms with Crippen LogP contribution in [-0.4, -0.2) is 23.0 Å². The van der Waals surface area contributed by atoms with Gasteiger partial charge in [0.25, 0.3) is 5.91 Å². The van der Waals surface area contributed by atoms with E-state index in [1.54, 1.807) is 12.1 Å². The second-order valence-electron chi connectivity index (χ2n) is 4.28. The number of nitrogens with zero attached hydrogens (tertiary/aromatic N) is 1. The second-order valence-corrected chi connectivity index (χ2v) is 5.20. The SMILES string of the molecule is CC(OC(=O)c1ccncc1)C(=O)Nc1ccc(Br)cc1. The van der Waals surface area contributed by atoms with E-state index in [1.165, 1.54) is 31.5 Å². The Hall–Kier alpha value is -2.21. The zero-order chi connectivity index (χ0) is 15.2. The molecule has 0 saturated carbocycles. The molecule has 0 aliphatic rings. The van der Waals surface area contributed by atoms with Crippen LogP contribution in [0, 0.1) is 0 Å². The summed E-state index contributed by atoms with van der Waals surface area (Å²) in [6, 6.07) is 10.2. The Morgan fingerprint density at radius 2 is 1.76 bits per heavy atom. The van der Waals surface area contributed by atoms with E-state index in [4.69, 9.17) is 4.74 Å². The molecule has 0 radical (unpaired) electrons. The molecule has 1 heterocycles. The maximum absolute atomic E-state index is 12.0. The fraction of sp³-hybridized carbons (Fsp3) is 0.133. The van der Waals surface area contributed by atoms with E-state index >= 15 is 0 Å². The first-order chi connectivity index (χ1) is 10.1. The summed E-state index contributed by atoms with van der Waals surface area (Å²) in [6.45, 7) is 1.52. The van der Waals surface area contributed by atoms with Crippen LogP contribution < -0.4 is 5.32 Å². The van der Waals surface area contributed by atoms with Gasteiger partial charge in [0.05, 0.1) is 5.56 Å². The number of nitrogens with one attached hydrogen (secondary N) is 1. The molecule has 1 unspecified atom stereocenters. The van der Waals surface area contributed by atoms with Gasteiger partial charge < -0.3 is 10.1 Å². The molecule has 0 saturated heterocycles. The Kier molecular flexibility index (Phi) is 5.05. The van der Waals surface area contributed by atoms with Crippen LogP contribution in [0.25, 0.3) is 0 Å². The third kappa shape index (κ3) is 4.39. The van der Waals surface area contributed by atoms with Gasteiger partial charge in [-0.05, 0) is 43.3 Å². The van der Waals surface area contributed by atoms with Gasteiger partial charge in [-0.3, -0.25) is 9.78 Å². The van der Waals surface area contributed by atoms with E-state index in [-0.39, 0.29) is 5.91 Å². The third-order valence-corrected chi connectivity index (χ3v) is 3.21. The number of hydrogen-bond donors (Lipinski definition) is 1. The Labute approximate surface area is 130 Å². The van der Waals surface area contributed by atoms with E-state index in [1.807, 2.05) is 12.1 Å². The van der Waals surface area contributed by atoms with Gasteiger partial charge in [0.2, 0.25) is 0 Å². The molecule has 0 bridgehead atoms. The lowest BCUT2D eigenvalue weighted by molar-refractivity contribution is -0.123. The highest BCUT2D eigenvalue weighted by Gasteiger charge is 2.18. The number of ether oxygens (including phenoxy) is 1. The molecule has 6 heteroatoms. The lowest BCUT2D eigenvalue weighted by atomic mass is 10.2. The minimum Gasteiger partial charge on any atom is -0.449 e. The van der Waals surface area contributed by atoms with Crippen LogP contribution in [0.3, 0.4) is 0 Å². The summed E-state index contributed by atoms with van der Waals surface area (Å²) >= 11 is 3.31. The predicted octanol–water partition coefficient (Wildman–Crippen LogP) is 3.03. The van der Waals surface area contributed by atoms with E-state index in [0.29, 0.717) is 11.3 Å². The zero-order valence-electron chi connectivity index (χ0n) is 11.2. The van der Waals surface area contributed by atoms with Gasteiger partial charge >= 0.3 is 5.97 Å². The number of aromatic nitrogens is 1. The standard InChI is InChI=1S/C15H13BrN2O3/c1-10(21-15(20)11-6-8-17-9-7-11)14(19)18-13-4-2-12(16)3-5-13/h2-10H,1H3,(H,18,19). The van der Waals surface area contributed by atoms with Gasteiger partial charge in [0, 0.05) is 22.6 Å². The van der Waals surface area contributed by atoms with Crippen molar-refractivity contribution in [3.63, 3.8) is 0 Å². The molecule has 0 aliphatic heterocycles. The van der Waals surface area contributed by atoms with Crippen molar-refractivity contribution in [3.8, 4) is 0 Å². The lowest BCUT2D eigenvalue weighted by Crippen LogP contribution is -2.29. The average Bonchev–Trinajstić information content (AvgIpc) is 2.50. The van der Waals surface area contributed by atoms with E-state index < -0.39 is 12.1 Å². The molecule has 0 aliphatic carbocycles. The highest BCUT2D eigenvalue weighted by atomic mass is 79.9. The van der Waals surface area contributed by atoms with Crippen LogP contribution >= 0.6 is 15.9 Å². The van der Waals surface area contributed by atoms with Crippen LogP contribution in [-0.2, 0) is 9.53 Å². The maximum Gasteiger partial charge on any atom is 0.339 e. The third-order valence-electron chi connectivity index (χ3n) is 2.68. The minimum absolute atomic E-state index is 0.355. The summed E-state index contributed by atoms with van der Waals surface area (Å²) in [5, 5.41) is 2.68. The number of halogens is 1. The normalized spacial score (nSPS) is 11.5. The van der Waals surface area contributed by atoms with Crippen molar-refractivity contribution in [2.45, 2.75) is 13.0 Å². The van der Waals surface area contributed by atoms with Crippen molar-refractivity contribution < 1.29 is 14.3 Å². The number of benzene rings is 1. The highest BCUT2D eigenvalue weighted by molar-refractivity contribution is 9.10. The van der Waals surface area contributed by atoms with Crippen LogP contribution in [0.1, 0.15) is 17.3 Å². The molecule has 1 aromatic carbocycles. The quantitative estimate of drug-likeness (QED) is 0.862. The summed E-state index contributed by atoms with van der Waals surface area (Å²) < 4.78 is 6.02. The zero-order valence-corrected chi connectivity index (χ0v) is 12.8. The lowest BCUT2D eigenvalue weighted by Gasteiger charge is -2.13. The summed E-state index contributed by atoms with van der Waals surface area (Å²) in [6.07, 6.45) is 2.08. The van der Waals surface area contributed by atoms with Crippen molar-refractivity contribution >= 4 is 33.5 Å². The maximum atomic E-state index is 12.0. The number of rotatable bonds is 4. The average molecular weight is 349 g/mol. The van der Waals surface area contributed by atoms with Gasteiger partial charge in [-0.25, -0.2) is 4.79 Å². The highest BCUT2D eigenvalue weighted by Crippen LogP contribution is 2.14. The van der Waals surface area contributed by atoms with Crippen LogP contribution in [0.4, 0.5) is 5.69 Å². The molecular weight excluding hydrogens is 336 g/mol. The molecule has 1 aromatic heterocycles. The molecule has 0 fully saturated rings. The molecule has 1 atom stereocenters. The van der Waals surface area contributed by atoms with Gasteiger partial charge in [-0.1, -0.05) is 15.9 Å². The summed E-state index contributed by atoms with van der Waals surface area (Å²) in [5.74, 6) is -0.949. The number of amides is 1. The van der Waals surface area contributed by atoms with Crippen molar-refractivity contribution in [2.24, 2.45) is 0 Å². The van der Waals surface area contributed by atoms with Crippen molar-refractivity contribution in [2.75, 3.05) is 5.32 Å². The van der Waals surface area contributed by atoms with Gasteiger partial charge in [-0.15, -0.1) is 0 Å². The summed E-state index contributed by atoms with van der Waals surface area (Å²) in [4.78, 5) is 27.6. The fourth-order valence-electron chi connectivity index (χ4n) is 1.55. The first kappa shape index (κ1) is 15.2. The first-order valence-corrected chi connectivity index (χ1v) is 7.03. The summed E-state index contributed by atoms with van der Waals surface area (Å²) in [7, 11) is 0. The molecule has 2 aromatic rings. The largest absolute Gasteiger partial charge is 0.449 e. The molecule has 21 heavy (non-hydrogen) atoms. The van der Waals surface area contributed by atoms with E-state index in [2.05, 4.69) is 26.2 Å². The van der Waals surface area contributed by atoms with Crippen molar-refractivity contribution in [1.82, 2.24) is 4.98 Å². The smallest absolute Gasteiger partial charge is 0.339 e. The molecule has 108 valence electrons. The molecule has 5 nitrogen and oxygen atoms in total.